The summed E-state index contributed by atoms with van der Waals surface area (Å²) in [5.74, 6) is 1.98. The lowest BCUT2D eigenvalue weighted by Crippen LogP contribution is -2.49. The number of carbonyl (C=O) groups excluding carboxylic acids is 1. The largest absolute Gasteiger partial charge is 0.489 e. The normalized spacial score (nSPS) is 18.9. The third kappa shape index (κ3) is 8.88. The molecule has 0 bridgehead atoms. The summed E-state index contributed by atoms with van der Waals surface area (Å²) in [5, 5.41) is 3.21. The molecule has 2 aromatic carbocycles. The van der Waals surface area contributed by atoms with Crippen LogP contribution in [0.2, 0.25) is 0 Å². The van der Waals surface area contributed by atoms with Crippen molar-refractivity contribution in [2.45, 2.75) is 91.0 Å². The van der Waals surface area contributed by atoms with Crippen molar-refractivity contribution in [3.8, 4) is 5.75 Å². The molecule has 0 saturated heterocycles. The van der Waals surface area contributed by atoms with Gasteiger partial charge in [0, 0.05) is 24.3 Å². The van der Waals surface area contributed by atoms with Crippen molar-refractivity contribution in [1.82, 2.24) is 5.32 Å². The van der Waals surface area contributed by atoms with E-state index < -0.39 is 6.04 Å². The summed E-state index contributed by atoms with van der Waals surface area (Å²) >= 11 is 0. The number of carbonyl (C=O) groups is 1. The van der Waals surface area contributed by atoms with E-state index in [-0.39, 0.29) is 11.9 Å². The lowest BCUT2D eigenvalue weighted by molar-refractivity contribution is -0.123. The molecule has 1 atom stereocenters. The number of nitrogens with two attached hydrogens (primary N) is 1. The molecule has 1 aliphatic rings. The number of amides is 1. The monoisotopic (exact) mass is 479 g/mol. The van der Waals surface area contributed by atoms with Gasteiger partial charge >= 0.3 is 0 Å². The molecular weight excluding hydrogens is 434 g/mol. The highest BCUT2D eigenvalue weighted by molar-refractivity contribution is 5.81. The lowest BCUT2D eigenvalue weighted by atomic mass is 9.89. The van der Waals surface area contributed by atoms with Crippen molar-refractivity contribution >= 4 is 11.6 Å². The average molecular weight is 480 g/mol. The number of hydrogen-bond donors (Lipinski definition) is 2. The molecule has 5 nitrogen and oxygen atoms in total. The second-order valence-electron chi connectivity index (χ2n) is 10.9. The fourth-order valence-corrected chi connectivity index (χ4v) is 4.85. The van der Waals surface area contributed by atoms with Crippen LogP contribution in [0.5, 0.6) is 5.75 Å². The number of nitrogens with one attached hydrogen (secondary N) is 1. The van der Waals surface area contributed by atoms with Gasteiger partial charge in [-0.05, 0) is 80.2 Å². The zero-order valence-electron chi connectivity index (χ0n) is 22.1. The van der Waals surface area contributed by atoms with E-state index in [1.54, 1.807) is 0 Å². The molecule has 0 heterocycles. The molecule has 0 aromatic heterocycles. The Bertz CT molecular complexity index is 874. The van der Waals surface area contributed by atoms with Crippen molar-refractivity contribution in [2.75, 3.05) is 11.4 Å². The molecule has 2 aromatic rings. The van der Waals surface area contributed by atoms with Crippen LogP contribution < -0.4 is 20.7 Å². The first-order chi connectivity index (χ1) is 16.8. The van der Waals surface area contributed by atoms with Crippen LogP contribution >= 0.6 is 0 Å². The van der Waals surface area contributed by atoms with Crippen LogP contribution in [0.1, 0.15) is 71.8 Å². The number of rotatable bonds is 12. The summed E-state index contributed by atoms with van der Waals surface area (Å²) in [7, 11) is 0. The maximum absolute atomic E-state index is 12.5. The molecule has 3 rings (SSSR count). The van der Waals surface area contributed by atoms with E-state index >= 15 is 0 Å². The Balaban J connectivity index is 1.57. The quantitative estimate of drug-likeness (QED) is 0.397. The van der Waals surface area contributed by atoms with E-state index in [1.165, 1.54) is 11.3 Å². The minimum absolute atomic E-state index is 0.00454. The van der Waals surface area contributed by atoms with Gasteiger partial charge in [0.1, 0.15) is 12.4 Å². The Hall–Kier alpha value is -2.53. The standard InChI is InChI=1S/C30H45N3O2/c1-22(2)18-19-33(26-12-10-25(11-13-26)32-30(34)29(31)20-23(3)4)27-14-16-28(17-15-27)35-21-24-8-6-5-7-9-24/h5-9,14-17,22-23,25-26,29H,10-13,18-21,31H2,1-4H3,(H,32,34). The second-order valence-corrected chi connectivity index (χ2v) is 10.9. The van der Waals surface area contributed by atoms with Gasteiger partial charge in [0.2, 0.25) is 5.91 Å². The van der Waals surface area contributed by atoms with E-state index in [9.17, 15) is 4.79 Å². The van der Waals surface area contributed by atoms with Crippen molar-refractivity contribution in [1.29, 1.82) is 0 Å². The first-order valence-electron chi connectivity index (χ1n) is 13.4. The van der Waals surface area contributed by atoms with Gasteiger partial charge in [-0.3, -0.25) is 4.79 Å². The number of benzene rings is 2. The first-order valence-corrected chi connectivity index (χ1v) is 13.4. The van der Waals surface area contributed by atoms with Crippen LogP contribution in [0, 0.1) is 11.8 Å². The maximum Gasteiger partial charge on any atom is 0.237 e. The number of nitrogens with zero attached hydrogens (tertiary/aromatic N) is 1. The molecule has 1 aliphatic carbocycles. The Labute approximate surface area is 212 Å². The van der Waals surface area contributed by atoms with Gasteiger partial charge in [0.15, 0.2) is 0 Å². The molecule has 0 radical (unpaired) electrons. The molecule has 3 N–H and O–H groups in total. The summed E-state index contributed by atoms with van der Waals surface area (Å²) in [6.07, 6.45) is 6.05. The van der Waals surface area contributed by atoms with Gasteiger partial charge in [-0.2, -0.15) is 0 Å². The van der Waals surface area contributed by atoms with Gasteiger partial charge < -0.3 is 20.7 Å². The van der Waals surface area contributed by atoms with Crippen molar-refractivity contribution in [2.24, 2.45) is 17.6 Å². The van der Waals surface area contributed by atoms with Gasteiger partial charge in [-0.15, -0.1) is 0 Å². The van der Waals surface area contributed by atoms with Gasteiger partial charge in [-0.1, -0.05) is 58.0 Å². The van der Waals surface area contributed by atoms with Gasteiger partial charge in [0.25, 0.3) is 0 Å². The summed E-state index contributed by atoms with van der Waals surface area (Å²) in [6, 6.07) is 19.1. The highest BCUT2D eigenvalue weighted by Crippen LogP contribution is 2.30. The fourth-order valence-electron chi connectivity index (χ4n) is 4.85. The van der Waals surface area contributed by atoms with E-state index in [1.807, 2.05) is 18.2 Å². The number of hydrogen-bond acceptors (Lipinski definition) is 4. The highest BCUT2D eigenvalue weighted by Gasteiger charge is 2.28. The average Bonchev–Trinajstić information content (AvgIpc) is 2.84. The SMILES string of the molecule is CC(C)CCN(c1ccc(OCc2ccccc2)cc1)C1CCC(NC(=O)C(N)CC(C)C)CC1. The Morgan fingerprint density at radius 1 is 0.971 bits per heavy atom. The summed E-state index contributed by atoms with van der Waals surface area (Å²) in [6.45, 7) is 10.4. The lowest BCUT2D eigenvalue weighted by Gasteiger charge is -2.39. The smallest absolute Gasteiger partial charge is 0.237 e. The molecule has 192 valence electrons. The summed E-state index contributed by atoms with van der Waals surface area (Å²) in [5.41, 5.74) is 8.52. The van der Waals surface area contributed by atoms with E-state index in [0.717, 1.165) is 50.8 Å². The first kappa shape index (κ1) is 27.1. The van der Waals surface area contributed by atoms with Crippen LogP contribution in [0.4, 0.5) is 5.69 Å². The van der Waals surface area contributed by atoms with E-state index in [4.69, 9.17) is 10.5 Å². The maximum atomic E-state index is 12.5. The predicted molar refractivity (Wildman–Crippen MR) is 146 cm³/mol. The molecule has 1 saturated carbocycles. The highest BCUT2D eigenvalue weighted by atomic mass is 16.5. The molecule has 5 heteroatoms. The second kappa shape index (κ2) is 13.5. The van der Waals surface area contributed by atoms with Crippen LogP contribution in [-0.4, -0.2) is 30.6 Å². The summed E-state index contributed by atoms with van der Waals surface area (Å²) < 4.78 is 6.00. The molecule has 1 unspecified atom stereocenters. The van der Waals surface area contributed by atoms with Crippen LogP contribution in [-0.2, 0) is 11.4 Å². The summed E-state index contributed by atoms with van der Waals surface area (Å²) in [4.78, 5) is 15.1. The fraction of sp³-hybridized carbons (Fsp3) is 0.567. The van der Waals surface area contributed by atoms with Crippen molar-refractivity contribution in [3.05, 3.63) is 60.2 Å². The van der Waals surface area contributed by atoms with Crippen LogP contribution in [0.25, 0.3) is 0 Å². The topological polar surface area (TPSA) is 67.6 Å². The van der Waals surface area contributed by atoms with Gasteiger partial charge in [-0.25, -0.2) is 0 Å². The third-order valence-electron chi connectivity index (χ3n) is 6.91. The van der Waals surface area contributed by atoms with Crippen molar-refractivity contribution < 1.29 is 9.53 Å². The number of anilines is 1. The zero-order valence-corrected chi connectivity index (χ0v) is 22.1. The predicted octanol–water partition coefficient (Wildman–Crippen LogP) is 5.92. The minimum atomic E-state index is -0.405. The molecule has 0 spiro atoms. The van der Waals surface area contributed by atoms with E-state index in [2.05, 4.69) is 74.3 Å². The van der Waals surface area contributed by atoms with E-state index in [0.29, 0.717) is 24.5 Å². The molecule has 35 heavy (non-hydrogen) atoms. The molecule has 0 aliphatic heterocycles. The molecule has 1 amide bonds. The van der Waals surface area contributed by atoms with Crippen LogP contribution in [0.3, 0.4) is 0 Å². The van der Waals surface area contributed by atoms with Crippen molar-refractivity contribution in [3.63, 3.8) is 0 Å². The van der Waals surface area contributed by atoms with Crippen LogP contribution in [0.15, 0.2) is 54.6 Å². The Morgan fingerprint density at radius 3 is 2.23 bits per heavy atom. The Morgan fingerprint density at radius 2 is 1.63 bits per heavy atom. The molecular formula is C30H45N3O2. The minimum Gasteiger partial charge on any atom is -0.489 e. The molecule has 1 fully saturated rings. The third-order valence-corrected chi connectivity index (χ3v) is 6.91. The zero-order chi connectivity index (χ0) is 25.2. The number of ether oxygens (including phenoxy) is 1. The van der Waals surface area contributed by atoms with Gasteiger partial charge in [0.05, 0.1) is 6.04 Å². The Kier molecular flexibility index (Phi) is 10.5.